The zero-order valence-electron chi connectivity index (χ0n) is 15.2. The van der Waals surface area contributed by atoms with Gasteiger partial charge in [0.1, 0.15) is 0 Å². The van der Waals surface area contributed by atoms with E-state index in [1.807, 2.05) is 18.2 Å². The predicted octanol–water partition coefficient (Wildman–Crippen LogP) is 4.51. The summed E-state index contributed by atoms with van der Waals surface area (Å²) in [6.07, 6.45) is 2.13. The van der Waals surface area contributed by atoms with E-state index >= 15 is 0 Å². The van der Waals surface area contributed by atoms with Crippen LogP contribution in [0.3, 0.4) is 0 Å². The van der Waals surface area contributed by atoms with E-state index in [-0.39, 0.29) is 17.2 Å². The Balaban J connectivity index is 2.04. The molecule has 0 saturated heterocycles. The topological polar surface area (TPSA) is 38.7 Å². The Morgan fingerprint density at radius 3 is 2.39 bits per heavy atom. The number of aliphatic hydroxyl groups excluding tert-OH is 1. The quantitative estimate of drug-likeness (QED) is 0.804. The SMILES string of the molecule is CC(C)(C)[Si](C)(C)O[C@H]1[C@H](O)CCC[C@H]1OCc1ccccc1. The fraction of sp³-hybridized carbons (Fsp3) is 0.684. The summed E-state index contributed by atoms with van der Waals surface area (Å²) >= 11 is 0. The zero-order chi connectivity index (χ0) is 17.1. The molecule has 0 aliphatic heterocycles. The molecule has 0 radical (unpaired) electrons. The van der Waals surface area contributed by atoms with Crippen LogP contribution in [-0.2, 0) is 15.8 Å². The van der Waals surface area contributed by atoms with Gasteiger partial charge in [-0.15, -0.1) is 0 Å². The van der Waals surface area contributed by atoms with E-state index in [0.717, 1.165) is 19.3 Å². The number of aliphatic hydroxyl groups is 1. The van der Waals surface area contributed by atoms with Gasteiger partial charge in [0.2, 0.25) is 0 Å². The fourth-order valence-corrected chi connectivity index (χ4v) is 4.07. The van der Waals surface area contributed by atoms with Gasteiger partial charge in [0.25, 0.3) is 0 Å². The van der Waals surface area contributed by atoms with Gasteiger partial charge in [-0.05, 0) is 43.0 Å². The molecule has 0 amide bonds. The summed E-state index contributed by atoms with van der Waals surface area (Å²) in [4.78, 5) is 0. The third kappa shape index (κ3) is 4.89. The Kier molecular flexibility index (Phi) is 6.06. The smallest absolute Gasteiger partial charge is 0.192 e. The van der Waals surface area contributed by atoms with Crippen LogP contribution in [0.1, 0.15) is 45.6 Å². The van der Waals surface area contributed by atoms with Gasteiger partial charge in [-0.2, -0.15) is 0 Å². The van der Waals surface area contributed by atoms with Gasteiger partial charge in [0.15, 0.2) is 8.32 Å². The Labute approximate surface area is 142 Å². The van der Waals surface area contributed by atoms with Crippen LogP contribution in [0.5, 0.6) is 0 Å². The molecule has 23 heavy (non-hydrogen) atoms. The molecule has 0 spiro atoms. The average molecular weight is 337 g/mol. The molecular formula is C19H32O3Si. The van der Waals surface area contributed by atoms with Crippen LogP contribution in [0, 0.1) is 0 Å². The number of hydrogen-bond acceptors (Lipinski definition) is 3. The summed E-state index contributed by atoms with van der Waals surface area (Å²) in [5, 5.41) is 10.6. The number of hydrogen-bond donors (Lipinski definition) is 1. The van der Waals surface area contributed by atoms with Crippen LogP contribution >= 0.6 is 0 Å². The molecule has 1 aliphatic rings. The van der Waals surface area contributed by atoms with Crippen molar-refractivity contribution < 1.29 is 14.3 Å². The first kappa shape index (κ1) is 18.7. The highest BCUT2D eigenvalue weighted by Gasteiger charge is 2.44. The minimum atomic E-state index is -1.92. The summed E-state index contributed by atoms with van der Waals surface area (Å²) in [5.41, 5.74) is 1.17. The Bertz CT molecular complexity index is 481. The van der Waals surface area contributed by atoms with E-state index in [1.165, 1.54) is 5.56 Å². The van der Waals surface area contributed by atoms with Crippen molar-refractivity contribution in [3.63, 3.8) is 0 Å². The van der Waals surface area contributed by atoms with Crippen molar-refractivity contribution >= 4 is 8.32 Å². The highest BCUT2D eigenvalue weighted by atomic mass is 28.4. The first-order valence-electron chi connectivity index (χ1n) is 8.72. The van der Waals surface area contributed by atoms with Gasteiger partial charge in [0.05, 0.1) is 24.9 Å². The van der Waals surface area contributed by atoms with Crippen molar-refractivity contribution in [2.45, 2.75) is 83.1 Å². The highest BCUT2D eigenvalue weighted by Crippen LogP contribution is 2.39. The number of benzene rings is 1. The maximum atomic E-state index is 10.5. The lowest BCUT2D eigenvalue weighted by atomic mass is 9.92. The second-order valence-corrected chi connectivity index (χ2v) is 12.9. The minimum Gasteiger partial charge on any atom is -0.409 e. The van der Waals surface area contributed by atoms with Crippen LogP contribution in [0.2, 0.25) is 18.1 Å². The van der Waals surface area contributed by atoms with E-state index in [0.29, 0.717) is 6.61 Å². The molecule has 1 fully saturated rings. The predicted molar refractivity (Wildman–Crippen MR) is 96.9 cm³/mol. The van der Waals surface area contributed by atoms with Crippen molar-refractivity contribution in [1.82, 2.24) is 0 Å². The molecule has 3 atom stereocenters. The second-order valence-electron chi connectivity index (χ2n) is 8.18. The van der Waals surface area contributed by atoms with Crippen LogP contribution < -0.4 is 0 Å². The van der Waals surface area contributed by atoms with Crippen LogP contribution in [-0.4, -0.2) is 31.7 Å². The molecule has 130 valence electrons. The minimum absolute atomic E-state index is 0.0203. The number of rotatable bonds is 5. The first-order chi connectivity index (χ1) is 10.7. The first-order valence-corrected chi connectivity index (χ1v) is 11.6. The van der Waals surface area contributed by atoms with Gasteiger partial charge < -0.3 is 14.3 Å². The lowest BCUT2D eigenvalue weighted by molar-refractivity contribution is -0.111. The molecule has 1 N–H and O–H groups in total. The van der Waals surface area contributed by atoms with E-state index in [9.17, 15) is 5.11 Å². The maximum absolute atomic E-state index is 10.5. The normalized spacial score (nSPS) is 26.3. The summed E-state index contributed by atoms with van der Waals surface area (Å²) in [7, 11) is -1.92. The standard InChI is InChI=1S/C19H32O3Si/c1-19(2,3)23(4,5)22-18-16(20)12-9-13-17(18)21-14-15-10-7-6-8-11-15/h6-8,10-11,16-18,20H,9,12-14H2,1-5H3/t16-,17-,18+/m1/s1. The van der Waals surface area contributed by atoms with Crippen molar-refractivity contribution in [1.29, 1.82) is 0 Å². The monoisotopic (exact) mass is 336 g/mol. The van der Waals surface area contributed by atoms with Gasteiger partial charge in [-0.25, -0.2) is 0 Å². The van der Waals surface area contributed by atoms with E-state index in [2.05, 4.69) is 46.0 Å². The summed E-state index contributed by atoms with van der Waals surface area (Å²) in [6.45, 7) is 11.7. The fourth-order valence-electron chi connectivity index (χ4n) is 2.73. The third-order valence-corrected chi connectivity index (χ3v) is 9.75. The molecule has 1 aromatic carbocycles. The van der Waals surface area contributed by atoms with Gasteiger partial charge >= 0.3 is 0 Å². The lowest BCUT2D eigenvalue weighted by Gasteiger charge is -2.44. The van der Waals surface area contributed by atoms with E-state index in [4.69, 9.17) is 9.16 Å². The summed E-state index contributed by atoms with van der Waals surface area (Å²) in [5.74, 6) is 0. The maximum Gasteiger partial charge on any atom is 0.192 e. The molecule has 1 aromatic rings. The molecule has 1 saturated carbocycles. The molecule has 2 rings (SSSR count). The van der Waals surface area contributed by atoms with Crippen LogP contribution in [0.15, 0.2) is 30.3 Å². The van der Waals surface area contributed by atoms with Gasteiger partial charge in [0, 0.05) is 0 Å². The molecule has 0 bridgehead atoms. The third-order valence-electron chi connectivity index (χ3n) is 5.28. The molecule has 0 aromatic heterocycles. The van der Waals surface area contributed by atoms with Gasteiger partial charge in [-0.1, -0.05) is 51.1 Å². The molecule has 0 unspecified atom stereocenters. The Morgan fingerprint density at radius 1 is 1.13 bits per heavy atom. The van der Waals surface area contributed by atoms with Gasteiger partial charge in [-0.3, -0.25) is 0 Å². The Morgan fingerprint density at radius 2 is 1.78 bits per heavy atom. The molecule has 0 heterocycles. The van der Waals surface area contributed by atoms with E-state index < -0.39 is 14.4 Å². The van der Waals surface area contributed by atoms with Crippen LogP contribution in [0.25, 0.3) is 0 Å². The van der Waals surface area contributed by atoms with E-state index in [1.54, 1.807) is 0 Å². The zero-order valence-corrected chi connectivity index (χ0v) is 16.2. The second kappa shape index (κ2) is 7.47. The van der Waals surface area contributed by atoms with Crippen molar-refractivity contribution in [2.24, 2.45) is 0 Å². The average Bonchev–Trinajstić information content (AvgIpc) is 2.48. The molecular weight excluding hydrogens is 304 g/mol. The Hall–Kier alpha value is -0.683. The number of ether oxygens (including phenoxy) is 1. The summed E-state index contributed by atoms with van der Waals surface area (Å²) in [6, 6.07) is 10.2. The summed E-state index contributed by atoms with van der Waals surface area (Å²) < 4.78 is 12.7. The molecule has 4 heteroatoms. The highest BCUT2D eigenvalue weighted by molar-refractivity contribution is 6.74. The molecule has 3 nitrogen and oxygen atoms in total. The molecule has 1 aliphatic carbocycles. The lowest BCUT2D eigenvalue weighted by Crippen LogP contribution is -2.53. The van der Waals surface area contributed by atoms with Crippen molar-refractivity contribution in [3.05, 3.63) is 35.9 Å². The van der Waals surface area contributed by atoms with Crippen molar-refractivity contribution in [2.75, 3.05) is 0 Å². The largest absolute Gasteiger partial charge is 0.409 e. The van der Waals surface area contributed by atoms with Crippen LogP contribution in [0.4, 0.5) is 0 Å². The van der Waals surface area contributed by atoms with Crippen molar-refractivity contribution in [3.8, 4) is 0 Å².